The highest BCUT2D eigenvalue weighted by molar-refractivity contribution is 7.11. The molecule has 0 saturated heterocycles. The zero-order valence-corrected chi connectivity index (χ0v) is 15.2. The van der Waals surface area contributed by atoms with Gasteiger partial charge in [0.1, 0.15) is 0 Å². The van der Waals surface area contributed by atoms with Crippen LogP contribution in [0.4, 0.5) is 0 Å². The third-order valence-electron chi connectivity index (χ3n) is 3.43. The van der Waals surface area contributed by atoms with Gasteiger partial charge in [0, 0.05) is 23.4 Å². The highest BCUT2D eigenvalue weighted by Crippen LogP contribution is 2.28. The monoisotopic (exact) mass is 363 g/mol. The number of thiazole rings is 1. The van der Waals surface area contributed by atoms with E-state index >= 15 is 0 Å². The highest BCUT2D eigenvalue weighted by Gasteiger charge is 2.12. The van der Waals surface area contributed by atoms with E-state index in [4.69, 9.17) is 15.2 Å². The van der Waals surface area contributed by atoms with Crippen molar-refractivity contribution in [1.29, 1.82) is 0 Å². The van der Waals surface area contributed by atoms with Crippen LogP contribution in [-0.2, 0) is 11.2 Å². The number of primary amides is 1. The Balaban J connectivity index is 1.96. The van der Waals surface area contributed by atoms with E-state index in [1.807, 2.05) is 13.8 Å². The molecule has 0 atom stereocenters. The maximum atomic E-state index is 12.3. The van der Waals surface area contributed by atoms with Gasteiger partial charge in [-0.2, -0.15) is 0 Å². The summed E-state index contributed by atoms with van der Waals surface area (Å²) in [6.07, 6.45) is 0.736. The summed E-state index contributed by atoms with van der Waals surface area (Å²) in [5.74, 6) is -0.0763. The molecule has 0 bridgehead atoms. The van der Waals surface area contributed by atoms with Gasteiger partial charge in [0.2, 0.25) is 0 Å². The number of aryl methyl sites for hydroxylation is 2. The second-order valence-electron chi connectivity index (χ2n) is 5.37. The average molecular weight is 363 g/mol. The van der Waals surface area contributed by atoms with Gasteiger partial charge in [-0.05, 0) is 32.0 Å². The lowest BCUT2D eigenvalue weighted by molar-refractivity contribution is -0.119. The van der Waals surface area contributed by atoms with Crippen LogP contribution in [0.3, 0.4) is 0 Å². The van der Waals surface area contributed by atoms with Crippen molar-refractivity contribution in [3.63, 3.8) is 0 Å². The summed E-state index contributed by atoms with van der Waals surface area (Å²) in [4.78, 5) is 28.6. The maximum absolute atomic E-state index is 12.3. The van der Waals surface area contributed by atoms with Crippen molar-refractivity contribution in [3.05, 3.63) is 39.3 Å². The average Bonchev–Trinajstić information content (AvgIpc) is 2.90. The van der Waals surface area contributed by atoms with Crippen molar-refractivity contribution < 1.29 is 19.1 Å². The molecular weight excluding hydrogens is 342 g/mol. The van der Waals surface area contributed by atoms with Gasteiger partial charge in [-0.3, -0.25) is 9.59 Å². The number of nitrogens with two attached hydrogens (primary N) is 1. The molecule has 2 amide bonds. The minimum atomic E-state index is -0.586. The number of carbonyl (C=O) groups excluding carboxylic acids is 2. The molecular formula is C17H21N3O4S. The minimum absolute atomic E-state index is 0.210. The number of rotatable bonds is 8. The summed E-state index contributed by atoms with van der Waals surface area (Å²) >= 11 is 1.64. The summed E-state index contributed by atoms with van der Waals surface area (Å²) < 4.78 is 10.4. The molecule has 2 rings (SSSR count). The third-order valence-corrected chi connectivity index (χ3v) is 4.57. The Morgan fingerprint density at radius 1 is 1.28 bits per heavy atom. The Morgan fingerprint density at radius 3 is 2.64 bits per heavy atom. The molecule has 8 heteroatoms. The third kappa shape index (κ3) is 5.18. The second-order valence-corrected chi connectivity index (χ2v) is 6.66. The fourth-order valence-electron chi connectivity index (χ4n) is 2.27. The van der Waals surface area contributed by atoms with Crippen LogP contribution in [0.2, 0.25) is 0 Å². The first-order chi connectivity index (χ1) is 11.9. The van der Waals surface area contributed by atoms with E-state index < -0.39 is 5.91 Å². The van der Waals surface area contributed by atoms with E-state index in [9.17, 15) is 9.59 Å². The molecule has 2 aromatic rings. The van der Waals surface area contributed by atoms with E-state index in [0.717, 1.165) is 17.1 Å². The molecule has 25 heavy (non-hydrogen) atoms. The zero-order valence-electron chi connectivity index (χ0n) is 14.4. The van der Waals surface area contributed by atoms with Crippen LogP contribution < -0.4 is 20.5 Å². The van der Waals surface area contributed by atoms with Crippen LogP contribution >= 0.6 is 11.3 Å². The lowest BCUT2D eigenvalue weighted by Gasteiger charge is -2.11. The van der Waals surface area contributed by atoms with Gasteiger partial charge in [0.15, 0.2) is 18.1 Å². The largest absolute Gasteiger partial charge is 0.493 e. The van der Waals surface area contributed by atoms with Crippen LogP contribution in [0, 0.1) is 13.8 Å². The van der Waals surface area contributed by atoms with Crippen molar-refractivity contribution in [3.8, 4) is 11.5 Å². The van der Waals surface area contributed by atoms with Crippen LogP contribution in [0.1, 0.15) is 25.9 Å². The molecule has 0 aliphatic rings. The van der Waals surface area contributed by atoms with E-state index in [1.165, 1.54) is 12.0 Å². The molecule has 7 nitrogen and oxygen atoms in total. The van der Waals surface area contributed by atoms with E-state index in [0.29, 0.717) is 23.6 Å². The van der Waals surface area contributed by atoms with Gasteiger partial charge in [-0.25, -0.2) is 4.98 Å². The van der Waals surface area contributed by atoms with Crippen LogP contribution in [0.15, 0.2) is 18.2 Å². The van der Waals surface area contributed by atoms with Gasteiger partial charge >= 0.3 is 0 Å². The lowest BCUT2D eigenvalue weighted by atomic mass is 10.2. The number of methoxy groups -OCH3 is 1. The normalized spacial score (nSPS) is 10.4. The van der Waals surface area contributed by atoms with Crippen molar-refractivity contribution in [1.82, 2.24) is 10.3 Å². The number of hydrogen-bond acceptors (Lipinski definition) is 6. The molecule has 0 spiro atoms. The summed E-state index contributed by atoms with van der Waals surface area (Å²) in [7, 11) is 1.46. The SMILES string of the molecule is COc1cc(C(=O)NCCc2sc(C)nc2C)ccc1OCC(N)=O. The molecule has 0 radical (unpaired) electrons. The fourth-order valence-corrected chi connectivity index (χ4v) is 3.21. The molecule has 134 valence electrons. The Hall–Kier alpha value is -2.61. The molecule has 0 aliphatic carbocycles. The number of carbonyl (C=O) groups is 2. The van der Waals surface area contributed by atoms with Crippen molar-refractivity contribution >= 4 is 23.2 Å². The number of ether oxygens (including phenoxy) is 2. The number of amides is 2. The minimum Gasteiger partial charge on any atom is -0.493 e. The fraction of sp³-hybridized carbons (Fsp3) is 0.353. The van der Waals surface area contributed by atoms with E-state index in [2.05, 4.69) is 10.3 Å². The lowest BCUT2D eigenvalue weighted by Crippen LogP contribution is -2.25. The van der Waals surface area contributed by atoms with Gasteiger partial charge in [-0.1, -0.05) is 0 Å². The van der Waals surface area contributed by atoms with Gasteiger partial charge in [-0.15, -0.1) is 11.3 Å². The number of aromatic nitrogens is 1. The number of nitrogens with one attached hydrogen (secondary N) is 1. The first-order valence-corrected chi connectivity index (χ1v) is 8.52. The van der Waals surface area contributed by atoms with Crippen LogP contribution in [0.5, 0.6) is 11.5 Å². The Bertz CT molecular complexity index is 773. The summed E-state index contributed by atoms with van der Waals surface area (Å²) in [5, 5.41) is 3.90. The summed E-state index contributed by atoms with van der Waals surface area (Å²) in [5.41, 5.74) is 6.51. The molecule has 1 heterocycles. The Morgan fingerprint density at radius 2 is 2.04 bits per heavy atom. The predicted octanol–water partition coefficient (Wildman–Crippen LogP) is 1.61. The predicted molar refractivity (Wildman–Crippen MR) is 95.3 cm³/mol. The number of nitrogens with zero attached hydrogens (tertiary/aromatic N) is 1. The van der Waals surface area contributed by atoms with Gasteiger partial charge < -0.3 is 20.5 Å². The second kappa shape index (κ2) is 8.48. The van der Waals surface area contributed by atoms with Crippen LogP contribution in [0.25, 0.3) is 0 Å². The molecule has 0 unspecified atom stereocenters. The van der Waals surface area contributed by atoms with Gasteiger partial charge in [0.25, 0.3) is 11.8 Å². The van der Waals surface area contributed by atoms with E-state index in [1.54, 1.807) is 29.5 Å². The molecule has 1 aromatic carbocycles. The van der Waals surface area contributed by atoms with Crippen molar-refractivity contribution in [2.24, 2.45) is 5.73 Å². The highest BCUT2D eigenvalue weighted by atomic mass is 32.1. The molecule has 0 fully saturated rings. The molecule has 0 saturated carbocycles. The first kappa shape index (κ1) is 18.7. The molecule has 3 N–H and O–H groups in total. The number of benzene rings is 1. The van der Waals surface area contributed by atoms with Gasteiger partial charge in [0.05, 0.1) is 17.8 Å². The summed E-state index contributed by atoms with van der Waals surface area (Å²) in [6, 6.07) is 4.75. The first-order valence-electron chi connectivity index (χ1n) is 7.71. The number of hydrogen-bond donors (Lipinski definition) is 2. The topological polar surface area (TPSA) is 104 Å². The van der Waals surface area contributed by atoms with Crippen LogP contribution in [-0.4, -0.2) is 37.1 Å². The van der Waals surface area contributed by atoms with Crippen molar-refractivity contribution in [2.45, 2.75) is 20.3 Å². The molecule has 0 aliphatic heterocycles. The standard InChI is InChI=1S/C17H21N3O4S/c1-10-15(25-11(2)20-10)6-7-19-17(22)12-4-5-13(14(8-12)23-3)24-9-16(18)21/h4-5,8H,6-7,9H2,1-3H3,(H2,18,21)(H,19,22). The van der Waals surface area contributed by atoms with Crippen molar-refractivity contribution in [2.75, 3.05) is 20.3 Å². The Kier molecular flexibility index (Phi) is 6.35. The maximum Gasteiger partial charge on any atom is 0.255 e. The summed E-state index contributed by atoms with van der Waals surface area (Å²) in [6.45, 7) is 4.20. The molecule has 1 aromatic heterocycles. The zero-order chi connectivity index (χ0) is 18.4. The smallest absolute Gasteiger partial charge is 0.255 e. The Labute approximate surface area is 150 Å². The quantitative estimate of drug-likeness (QED) is 0.741. The van der Waals surface area contributed by atoms with E-state index in [-0.39, 0.29) is 12.5 Å².